The molecule has 0 aliphatic heterocycles. The summed E-state index contributed by atoms with van der Waals surface area (Å²) in [5.74, 6) is 0.618. The molecule has 1 heterocycles. The van der Waals surface area contributed by atoms with Gasteiger partial charge in [-0.3, -0.25) is 15.1 Å². The number of aryl methyl sites for hydroxylation is 1. The van der Waals surface area contributed by atoms with Gasteiger partial charge in [0, 0.05) is 11.5 Å². The minimum Gasteiger partial charge on any atom is -0.493 e. The number of methoxy groups -OCH3 is 2. The maximum Gasteiger partial charge on any atom is 0.232 e. The molecule has 1 amide bonds. The van der Waals surface area contributed by atoms with E-state index in [1.807, 2.05) is 44.2 Å². The van der Waals surface area contributed by atoms with Gasteiger partial charge in [0.15, 0.2) is 11.5 Å². The lowest BCUT2D eigenvalue weighted by Gasteiger charge is -2.19. The zero-order valence-electron chi connectivity index (χ0n) is 16.3. The largest absolute Gasteiger partial charge is 0.493 e. The standard InChI is InChI=1S/C20H23N5O3/c1-12-6-5-7-16(13(12)2)21-20(26)15(19-22-24-25-23-19)10-14-8-9-17(27-3)18(11-14)28-4/h5-9,11,15H,10H2,1-4H3,(H2,21,22,23,24,25,26)/p-1/t15-/m1/s1. The van der Waals surface area contributed by atoms with Crippen LogP contribution in [-0.2, 0) is 11.2 Å². The number of aromatic nitrogens is 4. The van der Waals surface area contributed by atoms with Crippen LogP contribution >= 0.6 is 0 Å². The topological polar surface area (TPSA) is 100 Å². The molecule has 8 nitrogen and oxygen atoms in total. The smallest absolute Gasteiger partial charge is 0.232 e. The Morgan fingerprint density at radius 1 is 1.14 bits per heavy atom. The zero-order valence-corrected chi connectivity index (χ0v) is 16.3. The minimum absolute atomic E-state index is 0.224. The molecule has 0 unspecified atom stereocenters. The van der Waals surface area contributed by atoms with E-state index in [1.54, 1.807) is 20.3 Å². The van der Waals surface area contributed by atoms with Gasteiger partial charge in [-0.1, -0.05) is 18.2 Å². The van der Waals surface area contributed by atoms with Gasteiger partial charge in [0.05, 0.1) is 20.1 Å². The highest BCUT2D eigenvalue weighted by atomic mass is 16.5. The Hall–Kier alpha value is -3.42. The lowest BCUT2D eigenvalue weighted by molar-refractivity contribution is -0.117. The Labute approximate surface area is 163 Å². The van der Waals surface area contributed by atoms with Crippen molar-refractivity contribution in [2.45, 2.75) is 26.2 Å². The molecule has 0 spiro atoms. The summed E-state index contributed by atoms with van der Waals surface area (Å²) in [6, 6.07) is 11.3. The molecule has 0 saturated carbocycles. The van der Waals surface area contributed by atoms with E-state index in [0.29, 0.717) is 17.9 Å². The minimum atomic E-state index is -0.645. The van der Waals surface area contributed by atoms with Gasteiger partial charge in [0.1, 0.15) is 0 Å². The zero-order chi connectivity index (χ0) is 20.1. The Morgan fingerprint density at radius 2 is 1.93 bits per heavy atom. The summed E-state index contributed by atoms with van der Waals surface area (Å²) in [5.41, 5.74) is 3.75. The number of rotatable bonds is 7. The third-order valence-electron chi connectivity index (χ3n) is 4.71. The highest BCUT2D eigenvalue weighted by Crippen LogP contribution is 2.30. The number of nitrogens with zero attached hydrogens (tertiary/aromatic N) is 4. The maximum atomic E-state index is 13.1. The highest BCUT2D eigenvalue weighted by molar-refractivity contribution is 5.96. The number of nitrogens with one attached hydrogen (secondary N) is 1. The van der Waals surface area contributed by atoms with Gasteiger partial charge in [0.2, 0.25) is 5.91 Å². The summed E-state index contributed by atoms with van der Waals surface area (Å²) in [5, 5.41) is 17.8. The molecule has 0 radical (unpaired) electrons. The Balaban J connectivity index is 1.88. The van der Waals surface area contributed by atoms with Crippen molar-refractivity contribution in [3.05, 3.63) is 58.9 Å². The van der Waals surface area contributed by atoms with Crippen LogP contribution in [0.2, 0.25) is 0 Å². The van der Waals surface area contributed by atoms with E-state index in [4.69, 9.17) is 9.47 Å². The average Bonchev–Trinajstić information content (AvgIpc) is 3.23. The molecule has 1 aromatic heterocycles. The fourth-order valence-electron chi connectivity index (χ4n) is 2.94. The molecule has 0 bridgehead atoms. The van der Waals surface area contributed by atoms with E-state index >= 15 is 0 Å². The summed E-state index contributed by atoms with van der Waals surface area (Å²) < 4.78 is 10.6. The summed E-state index contributed by atoms with van der Waals surface area (Å²) >= 11 is 0. The van der Waals surface area contributed by atoms with Crippen LogP contribution in [0.3, 0.4) is 0 Å². The Morgan fingerprint density at radius 3 is 2.61 bits per heavy atom. The lowest BCUT2D eigenvalue weighted by Crippen LogP contribution is -2.25. The molecule has 3 rings (SSSR count). The van der Waals surface area contributed by atoms with Gasteiger partial charge in [-0.05, 0) is 55.2 Å². The SMILES string of the molecule is COc1ccc(C[C@@H](C(=O)Nc2cccc(C)c2C)c2nnn[n-]2)cc1OC. The third kappa shape index (κ3) is 4.11. The van der Waals surface area contributed by atoms with Gasteiger partial charge >= 0.3 is 0 Å². The number of hydrogen-bond acceptors (Lipinski definition) is 6. The molecule has 2 aromatic carbocycles. The van der Waals surface area contributed by atoms with Crippen LogP contribution < -0.4 is 19.9 Å². The van der Waals surface area contributed by atoms with Crippen molar-refractivity contribution in [2.24, 2.45) is 0 Å². The first kappa shape index (κ1) is 19.3. The third-order valence-corrected chi connectivity index (χ3v) is 4.71. The summed E-state index contributed by atoms with van der Waals surface area (Å²) in [4.78, 5) is 13.1. The van der Waals surface area contributed by atoms with Crippen molar-refractivity contribution in [1.82, 2.24) is 20.6 Å². The van der Waals surface area contributed by atoms with Gasteiger partial charge in [-0.15, -0.1) is 0 Å². The second-order valence-corrected chi connectivity index (χ2v) is 6.42. The van der Waals surface area contributed by atoms with Crippen LogP contribution in [0.4, 0.5) is 5.69 Å². The number of hydrogen-bond donors (Lipinski definition) is 1. The van der Waals surface area contributed by atoms with Crippen LogP contribution in [0.25, 0.3) is 0 Å². The van der Waals surface area contributed by atoms with Gasteiger partial charge in [-0.25, -0.2) is 0 Å². The van der Waals surface area contributed by atoms with Crippen LogP contribution in [0.15, 0.2) is 36.4 Å². The van der Waals surface area contributed by atoms with Crippen molar-refractivity contribution < 1.29 is 14.3 Å². The lowest BCUT2D eigenvalue weighted by atomic mass is 9.97. The van der Waals surface area contributed by atoms with E-state index < -0.39 is 5.92 Å². The second kappa shape index (κ2) is 8.51. The molecule has 0 aliphatic carbocycles. The monoisotopic (exact) mass is 380 g/mol. The normalized spacial score (nSPS) is 11.7. The Bertz CT molecular complexity index is 956. The summed E-state index contributed by atoms with van der Waals surface area (Å²) in [7, 11) is 3.15. The molecule has 28 heavy (non-hydrogen) atoms. The number of carbonyl (C=O) groups excluding carboxylic acids is 1. The number of carbonyl (C=O) groups is 1. The highest BCUT2D eigenvalue weighted by Gasteiger charge is 2.22. The van der Waals surface area contributed by atoms with Crippen LogP contribution in [0, 0.1) is 13.8 Å². The first-order valence-electron chi connectivity index (χ1n) is 8.80. The van der Waals surface area contributed by atoms with Crippen molar-refractivity contribution in [3.8, 4) is 11.5 Å². The summed E-state index contributed by atoms with van der Waals surface area (Å²) in [6.45, 7) is 3.97. The van der Waals surface area contributed by atoms with E-state index in [2.05, 4.69) is 25.9 Å². The molecule has 1 atom stereocenters. The van der Waals surface area contributed by atoms with Crippen molar-refractivity contribution in [3.63, 3.8) is 0 Å². The van der Waals surface area contributed by atoms with Gasteiger partial charge < -0.3 is 19.9 Å². The molecule has 0 aliphatic rings. The average molecular weight is 380 g/mol. The second-order valence-electron chi connectivity index (χ2n) is 6.42. The number of benzene rings is 2. The fourth-order valence-corrected chi connectivity index (χ4v) is 2.94. The predicted octanol–water partition coefficient (Wildman–Crippen LogP) is 2.43. The number of amides is 1. The molecule has 1 N–H and O–H groups in total. The van der Waals surface area contributed by atoms with E-state index in [-0.39, 0.29) is 11.7 Å². The molecular formula is C20H22N5O3-. The van der Waals surface area contributed by atoms with Gasteiger partial charge in [0.25, 0.3) is 0 Å². The molecule has 3 aromatic rings. The number of ether oxygens (including phenoxy) is 2. The number of anilines is 1. The molecular weight excluding hydrogens is 358 g/mol. The predicted molar refractivity (Wildman–Crippen MR) is 104 cm³/mol. The van der Waals surface area contributed by atoms with Crippen LogP contribution in [0.1, 0.15) is 28.4 Å². The van der Waals surface area contributed by atoms with Crippen LogP contribution in [0.5, 0.6) is 11.5 Å². The first-order chi connectivity index (χ1) is 13.5. The van der Waals surface area contributed by atoms with E-state index in [0.717, 1.165) is 22.4 Å². The molecule has 0 fully saturated rings. The van der Waals surface area contributed by atoms with Gasteiger partial charge in [-0.2, -0.15) is 5.21 Å². The maximum absolute atomic E-state index is 13.1. The van der Waals surface area contributed by atoms with Crippen molar-refractivity contribution in [1.29, 1.82) is 0 Å². The van der Waals surface area contributed by atoms with Crippen molar-refractivity contribution >= 4 is 11.6 Å². The molecule has 8 heteroatoms. The molecule has 146 valence electrons. The van der Waals surface area contributed by atoms with Crippen molar-refractivity contribution in [2.75, 3.05) is 19.5 Å². The van der Waals surface area contributed by atoms with E-state index in [9.17, 15) is 4.79 Å². The van der Waals surface area contributed by atoms with E-state index in [1.165, 1.54) is 0 Å². The quantitative estimate of drug-likeness (QED) is 0.672. The Kier molecular flexibility index (Phi) is 5.88. The number of tetrazole rings is 1. The fraction of sp³-hybridized carbons (Fsp3) is 0.300. The van der Waals surface area contributed by atoms with Crippen LogP contribution in [-0.4, -0.2) is 35.7 Å². The molecule has 0 saturated heterocycles. The summed E-state index contributed by atoms with van der Waals surface area (Å²) in [6.07, 6.45) is 0.366. The first-order valence-corrected chi connectivity index (χ1v) is 8.80.